The molecule has 8 heteroatoms. The number of halogens is 2. The van der Waals surface area contributed by atoms with Gasteiger partial charge in [-0.05, 0) is 42.5 Å². The summed E-state index contributed by atoms with van der Waals surface area (Å²) in [4.78, 5) is 24.0. The Morgan fingerprint density at radius 1 is 1.00 bits per heavy atom. The maximum atomic E-state index is 12.2. The Labute approximate surface area is 154 Å². The van der Waals surface area contributed by atoms with Crippen LogP contribution in [0.4, 0.5) is 5.69 Å². The Morgan fingerprint density at radius 3 is 2.25 bits per heavy atom. The zero-order valence-corrected chi connectivity index (χ0v) is 14.9. The molecule has 0 spiro atoms. The lowest BCUT2D eigenvalue weighted by Crippen LogP contribution is -2.34. The summed E-state index contributed by atoms with van der Waals surface area (Å²) in [5.74, 6) is -0.733. The molecule has 0 heterocycles. The number of rotatable bonds is 3. The minimum atomic E-state index is -0.464. The van der Waals surface area contributed by atoms with E-state index in [2.05, 4.69) is 16.0 Å². The Balaban J connectivity index is 2.11. The highest BCUT2D eigenvalue weighted by atomic mass is 35.5. The van der Waals surface area contributed by atoms with E-state index in [1.165, 1.54) is 25.2 Å². The number of hydrogen-bond donors (Lipinski definition) is 3. The first-order chi connectivity index (χ1) is 11.4. The van der Waals surface area contributed by atoms with Crippen molar-refractivity contribution in [2.75, 3.05) is 12.4 Å². The predicted molar refractivity (Wildman–Crippen MR) is 100.0 cm³/mol. The van der Waals surface area contributed by atoms with E-state index in [1.807, 2.05) is 0 Å². The molecule has 0 aliphatic rings. The maximum absolute atomic E-state index is 12.2. The van der Waals surface area contributed by atoms with Crippen molar-refractivity contribution in [3.63, 3.8) is 0 Å². The molecule has 0 unspecified atom stereocenters. The Kier molecular flexibility index (Phi) is 6.14. The zero-order valence-electron chi connectivity index (χ0n) is 12.5. The van der Waals surface area contributed by atoms with Crippen molar-refractivity contribution in [1.82, 2.24) is 10.6 Å². The van der Waals surface area contributed by atoms with Gasteiger partial charge in [0.2, 0.25) is 0 Å². The molecular formula is C16H13Cl2N3O2S. The molecule has 0 atom stereocenters. The summed E-state index contributed by atoms with van der Waals surface area (Å²) in [5.41, 5.74) is 1.16. The third kappa shape index (κ3) is 4.67. The zero-order chi connectivity index (χ0) is 17.7. The number of thiocarbonyl (C=S) groups is 1. The quantitative estimate of drug-likeness (QED) is 0.711. The minimum absolute atomic E-state index is 0.0486. The van der Waals surface area contributed by atoms with Crippen molar-refractivity contribution < 1.29 is 9.59 Å². The topological polar surface area (TPSA) is 70.2 Å². The van der Waals surface area contributed by atoms with Gasteiger partial charge >= 0.3 is 0 Å². The van der Waals surface area contributed by atoms with Crippen LogP contribution in [0.15, 0.2) is 42.5 Å². The van der Waals surface area contributed by atoms with Gasteiger partial charge in [0.1, 0.15) is 0 Å². The average molecular weight is 382 g/mol. The number of para-hydroxylation sites is 1. The van der Waals surface area contributed by atoms with Crippen LogP contribution in [-0.4, -0.2) is 24.0 Å². The van der Waals surface area contributed by atoms with Crippen molar-refractivity contribution in [2.24, 2.45) is 0 Å². The fourth-order valence-electron chi connectivity index (χ4n) is 1.94. The van der Waals surface area contributed by atoms with Crippen molar-refractivity contribution in [1.29, 1.82) is 0 Å². The summed E-state index contributed by atoms with van der Waals surface area (Å²) in [6.45, 7) is 0. The molecule has 0 bridgehead atoms. The number of anilines is 1. The van der Waals surface area contributed by atoms with Gasteiger partial charge in [-0.25, -0.2) is 0 Å². The lowest BCUT2D eigenvalue weighted by atomic mass is 10.1. The highest BCUT2D eigenvalue weighted by Crippen LogP contribution is 2.19. The molecule has 2 aromatic carbocycles. The second-order valence-electron chi connectivity index (χ2n) is 4.69. The lowest BCUT2D eigenvalue weighted by Gasteiger charge is -2.13. The van der Waals surface area contributed by atoms with Crippen LogP contribution in [0.1, 0.15) is 20.7 Å². The van der Waals surface area contributed by atoms with E-state index in [9.17, 15) is 9.59 Å². The number of amides is 2. The maximum Gasteiger partial charge on any atom is 0.257 e. The number of nitrogens with one attached hydrogen (secondary N) is 3. The van der Waals surface area contributed by atoms with Crippen LogP contribution in [0.3, 0.4) is 0 Å². The highest BCUT2D eigenvalue weighted by Gasteiger charge is 2.13. The van der Waals surface area contributed by atoms with E-state index >= 15 is 0 Å². The monoisotopic (exact) mass is 381 g/mol. The first kappa shape index (κ1) is 18.2. The third-order valence-electron chi connectivity index (χ3n) is 3.00. The summed E-state index contributed by atoms with van der Waals surface area (Å²) in [6, 6.07) is 11.3. The van der Waals surface area contributed by atoms with Crippen molar-refractivity contribution in [3.05, 3.63) is 63.6 Å². The number of carbonyl (C=O) groups is 2. The SMILES string of the molecule is CNC(=O)c1ccccc1NC(=S)NC(=O)c1cc(Cl)cc(Cl)c1. The smallest absolute Gasteiger partial charge is 0.257 e. The average Bonchev–Trinajstić information content (AvgIpc) is 2.53. The number of benzene rings is 2. The molecule has 2 aromatic rings. The molecule has 124 valence electrons. The molecule has 0 saturated carbocycles. The molecule has 0 aliphatic heterocycles. The van der Waals surface area contributed by atoms with E-state index < -0.39 is 5.91 Å². The van der Waals surface area contributed by atoms with Crippen molar-refractivity contribution in [3.8, 4) is 0 Å². The second kappa shape index (κ2) is 8.10. The molecule has 5 nitrogen and oxygen atoms in total. The lowest BCUT2D eigenvalue weighted by molar-refractivity contribution is 0.0961. The van der Waals surface area contributed by atoms with Gasteiger partial charge in [-0.3, -0.25) is 14.9 Å². The highest BCUT2D eigenvalue weighted by molar-refractivity contribution is 7.80. The number of hydrogen-bond acceptors (Lipinski definition) is 3. The van der Waals surface area contributed by atoms with Gasteiger partial charge in [-0.2, -0.15) is 0 Å². The fraction of sp³-hybridized carbons (Fsp3) is 0.0625. The third-order valence-corrected chi connectivity index (χ3v) is 3.64. The van der Waals surface area contributed by atoms with Crippen LogP contribution in [-0.2, 0) is 0 Å². The molecule has 2 amide bonds. The first-order valence-corrected chi connectivity index (χ1v) is 7.96. The van der Waals surface area contributed by atoms with Crippen molar-refractivity contribution >= 4 is 58.0 Å². The van der Waals surface area contributed by atoms with Gasteiger partial charge in [0.05, 0.1) is 11.3 Å². The van der Waals surface area contributed by atoms with Crippen LogP contribution in [0.25, 0.3) is 0 Å². The van der Waals surface area contributed by atoms with Gasteiger partial charge in [0.25, 0.3) is 11.8 Å². The molecule has 24 heavy (non-hydrogen) atoms. The summed E-state index contributed by atoms with van der Waals surface area (Å²) in [5, 5.41) is 8.62. The van der Waals surface area contributed by atoms with Gasteiger partial charge < -0.3 is 10.6 Å². The van der Waals surface area contributed by atoms with Crippen LogP contribution >= 0.6 is 35.4 Å². The summed E-state index contributed by atoms with van der Waals surface area (Å²) in [7, 11) is 1.53. The largest absolute Gasteiger partial charge is 0.355 e. The molecule has 0 aliphatic carbocycles. The fourth-order valence-corrected chi connectivity index (χ4v) is 2.67. The van der Waals surface area contributed by atoms with Crippen molar-refractivity contribution in [2.45, 2.75) is 0 Å². The Morgan fingerprint density at radius 2 is 1.62 bits per heavy atom. The van der Waals surface area contributed by atoms with E-state index in [-0.39, 0.29) is 16.6 Å². The molecule has 0 fully saturated rings. The summed E-state index contributed by atoms with van der Waals surface area (Å²) in [6.07, 6.45) is 0. The van der Waals surface area contributed by atoms with Gasteiger partial charge in [0.15, 0.2) is 5.11 Å². The summed E-state index contributed by atoms with van der Waals surface area (Å²) < 4.78 is 0. The van der Waals surface area contributed by atoms with E-state index in [0.29, 0.717) is 21.3 Å². The standard InChI is InChI=1S/C16H13Cl2N3O2S/c1-19-15(23)12-4-2-3-5-13(12)20-16(24)21-14(22)9-6-10(17)8-11(18)7-9/h2-8H,1H3,(H,19,23)(H2,20,21,22,24). The molecule has 0 aromatic heterocycles. The molecule has 3 N–H and O–H groups in total. The second-order valence-corrected chi connectivity index (χ2v) is 5.97. The predicted octanol–water partition coefficient (Wildman–Crippen LogP) is 3.48. The molecule has 0 saturated heterocycles. The van der Waals surface area contributed by atoms with Crippen LogP contribution in [0.5, 0.6) is 0 Å². The first-order valence-electron chi connectivity index (χ1n) is 6.80. The molecule has 0 radical (unpaired) electrons. The molecule has 2 rings (SSSR count). The Hall–Kier alpha value is -2.15. The van der Waals surface area contributed by atoms with Crippen LogP contribution < -0.4 is 16.0 Å². The number of carbonyl (C=O) groups excluding carboxylic acids is 2. The van der Waals surface area contributed by atoms with Gasteiger partial charge in [-0.15, -0.1) is 0 Å². The van der Waals surface area contributed by atoms with Gasteiger partial charge in [0, 0.05) is 22.7 Å². The molecular weight excluding hydrogens is 369 g/mol. The minimum Gasteiger partial charge on any atom is -0.355 e. The van der Waals surface area contributed by atoms with Crippen LogP contribution in [0.2, 0.25) is 10.0 Å². The van der Waals surface area contributed by atoms with Crippen LogP contribution in [0, 0.1) is 0 Å². The van der Waals surface area contributed by atoms with Gasteiger partial charge in [-0.1, -0.05) is 35.3 Å². The Bertz CT molecular complexity index is 791. The normalized spacial score (nSPS) is 9.96. The van der Waals surface area contributed by atoms with E-state index in [1.54, 1.807) is 24.3 Å². The van der Waals surface area contributed by atoms with E-state index in [4.69, 9.17) is 35.4 Å². The summed E-state index contributed by atoms with van der Waals surface area (Å²) >= 11 is 16.9. The van der Waals surface area contributed by atoms with E-state index in [0.717, 1.165) is 0 Å².